The molecule has 3 nitrogen and oxygen atoms in total. The van der Waals surface area contributed by atoms with Crippen LogP contribution in [0.2, 0.25) is 17.3 Å². The van der Waals surface area contributed by atoms with Gasteiger partial charge in [0.15, 0.2) is 5.78 Å². The Labute approximate surface area is 305 Å². The predicted molar refractivity (Wildman–Crippen MR) is 205 cm³/mol. The van der Waals surface area contributed by atoms with Crippen molar-refractivity contribution in [1.29, 1.82) is 0 Å². The molecule has 0 saturated carbocycles. The van der Waals surface area contributed by atoms with Gasteiger partial charge in [-0.2, -0.15) is 0 Å². The van der Waals surface area contributed by atoms with Gasteiger partial charge in [-0.1, -0.05) is 27.7 Å². The second kappa shape index (κ2) is 16.9. The van der Waals surface area contributed by atoms with Gasteiger partial charge in [-0.05, 0) is 25.7 Å². The van der Waals surface area contributed by atoms with E-state index in [1.807, 2.05) is 33.8 Å². The molecule has 47 heavy (non-hydrogen) atoms. The van der Waals surface area contributed by atoms with Crippen LogP contribution in [-0.2, 0) is 24.9 Å². The first-order chi connectivity index (χ1) is 22.7. The zero-order chi connectivity index (χ0) is 35.5. The predicted octanol–water partition coefficient (Wildman–Crippen LogP) is 11.9. The molecule has 0 spiro atoms. The van der Waals surface area contributed by atoms with Crippen LogP contribution >= 0.6 is 11.3 Å². The van der Waals surface area contributed by atoms with E-state index in [1.165, 1.54) is 31.7 Å². The van der Waals surface area contributed by atoms with Crippen molar-refractivity contribution in [3.05, 3.63) is 83.7 Å². The Kier molecular flexibility index (Phi) is 12.9. The van der Waals surface area contributed by atoms with Gasteiger partial charge < -0.3 is 5.11 Å². The maximum absolute atomic E-state index is 11.7. The fourth-order valence-electron chi connectivity index (χ4n) is 6.41. The van der Waals surface area contributed by atoms with Gasteiger partial charge in [0, 0.05) is 38.0 Å². The van der Waals surface area contributed by atoms with E-state index in [2.05, 4.69) is 85.5 Å². The Morgan fingerprint density at radius 3 is 2.19 bits per heavy atom. The third-order valence-corrected chi connectivity index (χ3v) is 15.1. The first-order valence-corrected chi connectivity index (χ1v) is 25.1. The molecule has 1 radical (unpaired) electrons. The molecule has 0 aliphatic carbocycles. The van der Waals surface area contributed by atoms with E-state index < -0.39 is 13.3 Å². The average Bonchev–Trinajstić information content (AvgIpc) is 3.44. The average molecular weight is 890 g/mol. The van der Waals surface area contributed by atoms with Gasteiger partial charge in [0.05, 0.1) is 5.76 Å². The molecule has 0 fully saturated rings. The van der Waals surface area contributed by atoms with Crippen LogP contribution in [0.25, 0.3) is 42.2 Å². The van der Waals surface area contributed by atoms with Gasteiger partial charge in [-0.3, -0.25) is 4.79 Å². The molecule has 2 heterocycles. The summed E-state index contributed by atoms with van der Waals surface area (Å²) in [6.45, 7) is 14.7. The summed E-state index contributed by atoms with van der Waals surface area (Å²) in [6.07, 6.45) is 4.93. The van der Waals surface area contributed by atoms with Crippen molar-refractivity contribution in [2.75, 3.05) is 0 Å². The molecular weight excluding hydrogens is 835 g/mol. The number of benzene rings is 3. The smallest absolute Gasteiger partial charge is 0 e. The van der Waals surface area contributed by atoms with Crippen LogP contribution < -0.4 is 4.40 Å². The number of rotatable bonds is 10. The molecule has 3 aromatic carbocycles. The quantitative estimate of drug-likeness (QED) is 0.0658. The summed E-state index contributed by atoms with van der Waals surface area (Å²) >= 11 is -0.307. The molecule has 1 N–H and O–H groups in total. The number of carbonyl (C=O) groups is 1. The molecule has 0 atom stereocenters. The standard InChI is InChI=1S/C28H28GeNS.C13H24O2.Ir/c1-17(2)24-16-20(15-19-9-7-8-10-21(19)24)26-28-23(13-14-30-26)22-11-12-25(29(4,5)6)18(3)27(22)31-28;1-5-10(6-2)12(14)9-13(15)11(7-3)8-4;/h7-14,16-17H,1-6H3;9-11,14H,5-8H2,1-4H3;/q-1;;/b;12-9-;/i13D,14D;;. The van der Waals surface area contributed by atoms with Crippen molar-refractivity contribution in [3.8, 4) is 11.3 Å². The third kappa shape index (κ3) is 8.65. The Balaban J connectivity index is 0.000000347. The summed E-state index contributed by atoms with van der Waals surface area (Å²) in [5.74, 6) is 8.17. The van der Waals surface area contributed by atoms with E-state index in [9.17, 15) is 9.90 Å². The minimum absolute atomic E-state index is 0. The van der Waals surface area contributed by atoms with Crippen LogP contribution in [0.3, 0.4) is 0 Å². The number of nitrogens with zero attached hydrogens (tertiary/aromatic N) is 1. The van der Waals surface area contributed by atoms with Crippen LogP contribution in [0.5, 0.6) is 0 Å². The number of pyridine rings is 1. The molecule has 0 saturated heterocycles. The molecule has 0 amide bonds. The SMILES string of the molecule is CCC(CC)C(=O)/C=C(\O)C(CC)CC.[2H]c1nc(-c2[c-]c3ccccc3c(C(C)C)c2)c2sc3c(C)[c]([Ge]([CH3])([CH3])[CH3])ccc3c2c1[2H].[Ir]. The third-order valence-electron chi connectivity index (χ3n) is 9.24. The largest absolute Gasteiger partial charge is 0 e. The van der Waals surface area contributed by atoms with Crippen LogP contribution in [0.4, 0.5) is 0 Å². The summed E-state index contributed by atoms with van der Waals surface area (Å²) < 4.78 is 20.9. The van der Waals surface area contributed by atoms with Crippen molar-refractivity contribution in [2.45, 2.75) is 97.3 Å². The number of aliphatic hydroxyl groups is 1. The molecular formula is C41H52GeIrNO2S-. The van der Waals surface area contributed by atoms with Crippen molar-refractivity contribution >= 4 is 65.7 Å². The normalized spacial score (nSPS) is 12.8. The summed E-state index contributed by atoms with van der Waals surface area (Å²) in [7, 11) is 0. The van der Waals surface area contributed by atoms with Gasteiger partial charge in [-0.25, -0.2) is 0 Å². The maximum Gasteiger partial charge on any atom is 0 e. The Morgan fingerprint density at radius 1 is 0.957 bits per heavy atom. The molecule has 6 heteroatoms. The topological polar surface area (TPSA) is 50.2 Å². The summed E-state index contributed by atoms with van der Waals surface area (Å²) in [5.41, 5.74) is 4.28. The van der Waals surface area contributed by atoms with Gasteiger partial charge in [-0.15, -0.1) is 0 Å². The second-order valence-corrected chi connectivity index (χ2v) is 25.3. The number of aromatic nitrogens is 1. The molecule has 5 aromatic rings. The molecule has 0 aliphatic rings. The monoisotopic (exact) mass is 891 g/mol. The van der Waals surface area contributed by atoms with Gasteiger partial charge in [0.1, 0.15) is 0 Å². The van der Waals surface area contributed by atoms with E-state index in [1.54, 1.807) is 11.3 Å². The van der Waals surface area contributed by atoms with Crippen molar-refractivity contribution in [3.63, 3.8) is 0 Å². The zero-order valence-corrected chi connectivity index (χ0v) is 35.0. The van der Waals surface area contributed by atoms with Crippen LogP contribution in [0, 0.1) is 24.8 Å². The number of aliphatic hydroxyl groups excluding tert-OH is 1. The van der Waals surface area contributed by atoms with Crippen LogP contribution in [0.1, 0.15) is 87.0 Å². The molecule has 0 bridgehead atoms. The number of ketones is 1. The summed E-state index contributed by atoms with van der Waals surface area (Å²) in [4.78, 5) is 16.4. The minimum atomic E-state index is -2.03. The summed E-state index contributed by atoms with van der Waals surface area (Å²) in [5, 5.41) is 14.0. The second-order valence-electron chi connectivity index (χ2n) is 13.7. The zero-order valence-electron chi connectivity index (χ0n) is 31.7. The number of thiophene rings is 1. The van der Waals surface area contributed by atoms with E-state index in [4.69, 9.17) is 2.74 Å². The van der Waals surface area contributed by atoms with Gasteiger partial charge in [0.2, 0.25) is 0 Å². The molecule has 2 aromatic heterocycles. The van der Waals surface area contributed by atoms with Gasteiger partial charge >= 0.3 is 195 Å². The fourth-order valence-corrected chi connectivity index (χ4v) is 11.7. The number of aryl methyl sites for hydroxylation is 1. The minimum Gasteiger partial charge on any atom is 0 e. The maximum atomic E-state index is 11.7. The molecule has 5 rings (SSSR count). The number of hydrogen-bond donors (Lipinski definition) is 1. The van der Waals surface area contributed by atoms with Crippen molar-refractivity contribution < 1.29 is 32.7 Å². The van der Waals surface area contributed by atoms with E-state index >= 15 is 0 Å². The number of hydrogen-bond acceptors (Lipinski definition) is 4. The first kappa shape index (κ1) is 36.0. The number of carbonyl (C=O) groups excluding carboxylic acids is 1. The van der Waals surface area contributed by atoms with Crippen LogP contribution in [-0.4, -0.2) is 29.1 Å². The van der Waals surface area contributed by atoms with Crippen molar-refractivity contribution in [1.82, 2.24) is 4.98 Å². The Hall–Kier alpha value is -2.31. The fraction of sp³-hybridized carbons (Fsp3) is 0.415. The van der Waals surface area contributed by atoms with E-state index in [0.717, 1.165) is 57.8 Å². The summed E-state index contributed by atoms with van der Waals surface area (Å²) in [6, 6.07) is 18.8. The van der Waals surface area contributed by atoms with Gasteiger partial charge in [0.25, 0.3) is 0 Å². The number of allylic oxidation sites excluding steroid dienone is 2. The molecule has 0 aliphatic heterocycles. The van der Waals surface area contributed by atoms with E-state index in [0.29, 0.717) is 5.92 Å². The van der Waals surface area contributed by atoms with Crippen LogP contribution in [0.15, 0.2) is 66.5 Å². The number of fused-ring (bicyclic) bond motifs is 4. The molecule has 0 unspecified atom stereocenters. The van der Waals surface area contributed by atoms with E-state index in [-0.39, 0.29) is 55.7 Å². The van der Waals surface area contributed by atoms with Crippen molar-refractivity contribution in [2.24, 2.45) is 11.8 Å². The first-order valence-electron chi connectivity index (χ1n) is 17.9. The molecule has 253 valence electrons. The Bertz CT molecular complexity index is 1970. The Morgan fingerprint density at radius 2 is 1.60 bits per heavy atom.